The summed E-state index contributed by atoms with van der Waals surface area (Å²) in [4.78, 5) is 0. The van der Waals surface area contributed by atoms with E-state index in [0.717, 1.165) is 39.1 Å². The van der Waals surface area contributed by atoms with E-state index >= 15 is 0 Å². The van der Waals surface area contributed by atoms with E-state index in [1.807, 2.05) is 6.07 Å². The van der Waals surface area contributed by atoms with E-state index in [1.54, 1.807) is 0 Å². The highest BCUT2D eigenvalue weighted by molar-refractivity contribution is 5.14. The lowest BCUT2D eigenvalue weighted by Gasteiger charge is -2.05. The van der Waals surface area contributed by atoms with Crippen molar-refractivity contribution in [2.24, 2.45) is 0 Å². The fourth-order valence-electron chi connectivity index (χ4n) is 1.54. The minimum absolute atomic E-state index is 0.831. The third-order valence-corrected chi connectivity index (χ3v) is 2.45. The summed E-state index contributed by atoms with van der Waals surface area (Å²) in [5.41, 5.74) is 1.35. The molecule has 0 heterocycles. The molecule has 0 fully saturated rings. The Morgan fingerprint density at radius 3 is 2.62 bits per heavy atom. The third kappa shape index (κ3) is 6.59. The molecule has 1 aromatic rings. The van der Waals surface area contributed by atoms with Crippen LogP contribution in [0, 0.1) is 0 Å². The lowest BCUT2D eigenvalue weighted by Crippen LogP contribution is -2.17. The molecular formula is C14H23NO. The molecular weight excluding hydrogens is 198 g/mol. The van der Waals surface area contributed by atoms with Crippen LogP contribution in [-0.2, 0) is 11.2 Å². The minimum Gasteiger partial charge on any atom is -0.381 e. The van der Waals surface area contributed by atoms with Crippen molar-refractivity contribution in [3.05, 3.63) is 35.9 Å². The van der Waals surface area contributed by atoms with E-state index in [-0.39, 0.29) is 0 Å². The maximum Gasteiger partial charge on any atom is 0.0506 e. The Morgan fingerprint density at radius 1 is 1.06 bits per heavy atom. The van der Waals surface area contributed by atoms with Crippen molar-refractivity contribution in [2.75, 3.05) is 26.3 Å². The Labute approximate surface area is 99.0 Å². The molecule has 0 aliphatic carbocycles. The second-order valence-electron chi connectivity index (χ2n) is 3.95. The molecule has 0 aromatic heterocycles. The van der Waals surface area contributed by atoms with Crippen LogP contribution in [0.2, 0.25) is 0 Å². The topological polar surface area (TPSA) is 21.3 Å². The first-order chi connectivity index (χ1) is 7.93. The second-order valence-corrected chi connectivity index (χ2v) is 3.95. The zero-order valence-electron chi connectivity index (χ0n) is 10.2. The zero-order chi connectivity index (χ0) is 11.5. The van der Waals surface area contributed by atoms with Crippen LogP contribution in [0.5, 0.6) is 0 Å². The van der Waals surface area contributed by atoms with Gasteiger partial charge in [-0.2, -0.15) is 0 Å². The van der Waals surface area contributed by atoms with E-state index in [9.17, 15) is 0 Å². The van der Waals surface area contributed by atoms with Gasteiger partial charge in [-0.05, 0) is 37.9 Å². The summed E-state index contributed by atoms with van der Waals surface area (Å²) < 4.78 is 5.58. The number of ether oxygens (including phenoxy) is 1. The van der Waals surface area contributed by atoms with Crippen molar-refractivity contribution in [3.8, 4) is 0 Å². The van der Waals surface area contributed by atoms with E-state index in [4.69, 9.17) is 4.74 Å². The fraction of sp³-hybridized carbons (Fsp3) is 0.571. The van der Waals surface area contributed by atoms with E-state index < -0.39 is 0 Å². The van der Waals surface area contributed by atoms with Gasteiger partial charge in [-0.25, -0.2) is 0 Å². The summed E-state index contributed by atoms with van der Waals surface area (Å²) >= 11 is 0. The summed E-state index contributed by atoms with van der Waals surface area (Å²) in [5, 5.41) is 3.36. The normalized spacial score (nSPS) is 10.6. The summed E-state index contributed by atoms with van der Waals surface area (Å²) in [6.07, 6.45) is 3.33. The van der Waals surface area contributed by atoms with Gasteiger partial charge in [0.1, 0.15) is 0 Å². The van der Waals surface area contributed by atoms with Gasteiger partial charge >= 0.3 is 0 Å². The molecule has 0 radical (unpaired) electrons. The van der Waals surface area contributed by atoms with Crippen molar-refractivity contribution >= 4 is 0 Å². The molecule has 1 N–H and O–H groups in total. The number of hydrogen-bond donors (Lipinski definition) is 1. The van der Waals surface area contributed by atoms with Crippen molar-refractivity contribution in [1.29, 1.82) is 0 Å². The van der Waals surface area contributed by atoms with Crippen LogP contribution in [0.1, 0.15) is 25.3 Å². The van der Waals surface area contributed by atoms with Crippen molar-refractivity contribution in [1.82, 2.24) is 5.32 Å². The average Bonchev–Trinajstić information content (AvgIpc) is 2.34. The number of nitrogens with one attached hydrogen (secondary N) is 1. The SMILES string of the molecule is CCCNCCCOCCc1ccccc1. The van der Waals surface area contributed by atoms with Crippen LogP contribution in [0.15, 0.2) is 30.3 Å². The predicted molar refractivity (Wildman–Crippen MR) is 68.7 cm³/mol. The molecule has 16 heavy (non-hydrogen) atoms. The molecule has 2 nitrogen and oxygen atoms in total. The first-order valence-corrected chi connectivity index (χ1v) is 6.26. The van der Waals surface area contributed by atoms with Gasteiger partial charge in [0.2, 0.25) is 0 Å². The number of hydrogen-bond acceptors (Lipinski definition) is 2. The van der Waals surface area contributed by atoms with Gasteiger partial charge in [-0.15, -0.1) is 0 Å². The summed E-state index contributed by atoms with van der Waals surface area (Å²) in [5.74, 6) is 0. The van der Waals surface area contributed by atoms with Gasteiger partial charge in [0.05, 0.1) is 6.61 Å². The number of rotatable bonds is 9. The fourth-order valence-corrected chi connectivity index (χ4v) is 1.54. The molecule has 1 aromatic carbocycles. The van der Waals surface area contributed by atoms with Crippen molar-refractivity contribution < 1.29 is 4.74 Å². The number of benzene rings is 1. The largest absolute Gasteiger partial charge is 0.381 e. The molecule has 2 heteroatoms. The van der Waals surface area contributed by atoms with Gasteiger partial charge in [-0.3, -0.25) is 0 Å². The van der Waals surface area contributed by atoms with Crippen molar-refractivity contribution in [3.63, 3.8) is 0 Å². The predicted octanol–water partition coefficient (Wildman–Crippen LogP) is 2.64. The quantitative estimate of drug-likeness (QED) is 0.647. The Hall–Kier alpha value is -0.860. The van der Waals surface area contributed by atoms with Crippen molar-refractivity contribution in [2.45, 2.75) is 26.2 Å². The lowest BCUT2D eigenvalue weighted by atomic mass is 10.2. The molecule has 0 unspecified atom stereocenters. The Balaban J connectivity index is 1.89. The molecule has 0 saturated carbocycles. The summed E-state index contributed by atoms with van der Waals surface area (Å²) in [6, 6.07) is 10.5. The first-order valence-electron chi connectivity index (χ1n) is 6.26. The molecule has 90 valence electrons. The van der Waals surface area contributed by atoms with Crippen LogP contribution in [-0.4, -0.2) is 26.3 Å². The standard InChI is InChI=1S/C14H23NO/c1-2-10-15-11-6-12-16-13-9-14-7-4-3-5-8-14/h3-5,7-8,15H,2,6,9-13H2,1H3. The van der Waals surface area contributed by atoms with Crippen LogP contribution < -0.4 is 5.32 Å². The van der Waals surface area contributed by atoms with E-state index in [1.165, 1.54) is 12.0 Å². The highest BCUT2D eigenvalue weighted by Gasteiger charge is 1.92. The van der Waals surface area contributed by atoms with E-state index in [2.05, 4.69) is 36.5 Å². The summed E-state index contributed by atoms with van der Waals surface area (Å²) in [6.45, 7) is 6.06. The monoisotopic (exact) mass is 221 g/mol. The first kappa shape index (κ1) is 13.2. The van der Waals surface area contributed by atoms with Crippen LogP contribution in [0.25, 0.3) is 0 Å². The highest BCUT2D eigenvalue weighted by Crippen LogP contribution is 1.99. The third-order valence-electron chi connectivity index (χ3n) is 2.45. The zero-order valence-corrected chi connectivity index (χ0v) is 10.2. The van der Waals surface area contributed by atoms with Crippen LogP contribution in [0.4, 0.5) is 0 Å². The van der Waals surface area contributed by atoms with Gasteiger partial charge in [0.15, 0.2) is 0 Å². The minimum atomic E-state index is 0.831. The maximum atomic E-state index is 5.58. The highest BCUT2D eigenvalue weighted by atomic mass is 16.5. The van der Waals surface area contributed by atoms with Gasteiger partial charge in [0.25, 0.3) is 0 Å². The van der Waals surface area contributed by atoms with Crippen LogP contribution in [0.3, 0.4) is 0 Å². The molecule has 0 atom stereocenters. The van der Waals surface area contributed by atoms with Crippen LogP contribution >= 0.6 is 0 Å². The molecule has 0 bridgehead atoms. The maximum absolute atomic E-state index is 5.58. The van der Waals surface area contributed by atoms with Gasteiger partial charge < -0.3 is 10.1 Å². The van der Waals surface area contributed by atoms with Gasteiger partial charge in [0, 0.05) is 6.61 Å². The average molecular weight is 221 g/mol. The Bertz CT molecular complexity index is 248. The second kappa shape index (κ2) is 9.37. The lowest BCUT2D eigenvalue weighted by molar-refractivity contribution is 0.134. The smallest absolute Gasteiger partial charge is 0.0506 e. The Morgan fingerprint density at radius 2 is 1.88 bits per heavy atom. The molecule has 0 amide bonds. The Kier molecular flexibility index (Phi) is 7.74. The molecule has 0 aliphatic rings. The van der Waals surface area contributed by atoms with Gasteiger partial charge in [-0.1, -0.05) is 37.3 Å². The molecule has 0 saturated heterocycles. The molecule has 0 spiro atoms. The molecule has 0 aliphatic heterocycles. The molecule has 1 rings (SSSR count). The van der Waals surface area contributed by atoms with E-state index in [0.29, 0.717) is 0 Å². The summed E-state index contributed by atoms with van der Waals surface area (Å²) in [7, 11) is 0.